The number of carbonyl (C=O) groups is 1. The van der Waals surface area contributed by atoms with Gasteiger partial charge in [0.25, 0.3) is 0 Å². The molecule has 2 rings (SSSR count). The van der Waals surface area contributed by atoms with Gasteiger partial charge in [0.15, 0.2) is 11.6 Å². The highest BCUT2D eigenvalue weighted by atomic mass is 19.1. The smallest absolute Gasteiger partial charge is 0.328 e. The second kappa shape index (κ2) is 7.26. The molecule has 22 heavy (non-hydrogen) atoms. The fourth-order valence-electron chi connectivity index (χ4n) is 1.90. The van der Waals surface area contributed by atoms with Gasteiger partial charge in [0.1, 0.15) is 12.4 Å². The average molecular weight is 302 g/mol. The van der Waals surface area contributed by atoms with Gasteiger partial charge in [-0.3, -0.25) is 0 Å². The molecule has 2 aromatic carbocycles. The number of rotatable bonds is 6. The second-order valence-corrected chi connectivity index (χ2v) is 4.46. The molecule has 0 amide bonds. The Morgan fingerprint density at radius 3 is 2.68 bits per heavy atom. The number of ether oxygens (including phenoxy) is 2. The van der Waals surface area contributed by atoms with E-state index in [1.54, 1.807) is 30.3 Å². The number of carboxylic acid groups (broad SMARTS) is 1. The normalized spacial score (nSPS) is 10.6. The Hall–Kier alpha value is -2.82. The standard InChI is InChI=1S/C17H15FO4/c1-21-15-8-6-12(7-9-17(19)20)10-13(15)11-22-16-5-3-2-4-14(16)18/h2-10H,11H2,1H3,(H,19,20). The molecule has 4 nitrogen and oxygen atoms in total. The summed E-state index contributed by atoms with van der Waals surface area (Å²) < 4.78 is 24.2. The zero-order valence-electron chi connectivity index (χ0n) is 12.0. The van der Waals surface area contributed by atoms with Crippen molar-refractivity contribution >= 4 is 12.0 Å². The van der Waals surface area contributed by atoms with Gasteiger partial charge in [-0.25, -0.2) is 9.18 Å². The van der Waals surface area contributed by atoms with Gasteiger partial charge in [-0.2, -0.15) is 0 Å². The quantitative estimate of drug-likeness (QED) is 0.830. The van der Waals surface area contributed by atoms with Crippen LogP contribution in [0.2, 0.25) is 0 Å². The molecular weight excluding hydrogens is 287 g/mol. The van der Waals surface area contributed by atoms with E-state index in [9.17, 15) is 9.18 Å². The Bertz CT molecular complexity index is 695. The molecule has 0 aliphatic rings. The van der Waals surface area contributed by atoms with Crippen LogP contribution in [0, 0.1) is 5.82 Å². The Morgan fingerprint density at radius 1 is 1.23 bits per heavy atom. The van der Waals surface area contributed by atoms with Crippen LogP contribution in [0.4, 0.5) is 4.39 Å². The molecule has 0 aliphatic heterocycles. The first-order valence-corrected chi connectivity index (χ1v) is 6.55. The highest BCUT2D eigenvalue weighted by molar-refractivity contribution is 5.85. The summed E-state index contributed by atoms with van der Waals surface area (Å²) in [5, 5.41) is 8.65. The van der Waals surface area contributed by atoms with E-state index in [4.69, 9.17) is 14.6 Å². The molecule has 0 unspecified atom stereocenters. The molecule has 1 N–H and O–H groups in total. The fourth-order valence-corrected chi connectivity index (χ4v) is 1.90. The van der Waals surface area contributed by atoms with Gasteiger partial charge in [-0.1, -0.05) is 18.2 Å². The number of hydrogen-bond acceptors (Lipinski definition) is 3. The first kappa shape index (κ1) is 15.6. The molecule has 2 aromatic rings. The van der Waals surface area contributed by atoms with Crippen molar-refractivity contribution in [2.45, 2.75) is 6.61 Å². The van der Waals surface area contributed by atoms with Crippen LogP contribution in [0.5, 0.6) is 11.5 Å². The van der Waals surface area contributed by atoms with E-state index in [0.717, 1.165) is 6.08 Å². The summed E-state index contributed by atoms with van der Waals surface area (Å²) in [4.78, 5) is 10.6. The summed E-state index contributed by atoms with van der Waals surface area (Å²) >= 11 is 0. The summed E-state index contributed by atoms with van der Waals surface area (Å²) in [6, 6.07) is 11.3. The van der Waals surface area contributed by atoms with Gasteiger partial charge in [0, 0.05) is 11.6 Å². The van der Waals surface area contributed by atoms with Crippen LogP contribution in [-0.4, -0.2) is 18.2 Å². The van der Waals surface area contributed by atoms with Crippen LogP contribution in [-0.2, 0) is 11.4 Å². The summed E-state index contributed by atoms with van der Waals surface area (Å²) in [5.41, 5.74) is 1.38. The topological polar surface area (TPSA) is 55.8 Å². The van der Waals surface area contributed by atoms with Crippen molar-refractivity contribution < 1.29 is 23.8 Å². The van der Waals surface area contributed by atoms with Crippen LogP contribution in [0.15, 0.2) is 48.5 Å². The van der Waals surface area contributed by atoms with E-state index in [2.05, 4.69) is 0 Å². The van der Waals surface area contributed by atoms with E-state index in [1.165, 1.54) is 25.3 Å². The van der Waals surface area contributed by atoms with Crippen molar-refractivity contribution in [2.75, 3.05) is 7.11 Å². The van der Waals surface area contributed by atoms with Crippen LogP contribution in [0.1, 0.15) is 11.1 Å². The van der Waals surface area contributed by atoms with Crippen molar-refractivity contribution in [3.05, 3.63) is 65.5 Å². The predicted octanol–water partition coefficient (Wildman–Crippen LogP) is 3.51. The third-order valence-electron chi connectivity index (χ3n) is 2.94. The molecule has 0 atom stereocenters. The summed E-state index contributed by atoms with van der Waals surface area (Å²) in [6.07, 6.45) is 2.51. The van der Waals surface area contributed by atoms with Gasteiger partial charge in [-0.15, -0.1) is 0 Å². The van der Waals surface area contributed by atoms with Crippen LogP contribution in [0.3, 0.4) is 0 Å². The summed E-state index contributed by atoms with van der Waals surface area (Å²) in [6.45, 7) is 0.110. The van der Waals surface area contributed by atoms with Gasteiger partial charge in [-0.05, 0) is 35.9 Å². The summed E-state index contributed by atoms with van der Waals surface area (Å²) in [7, 11) is 1.52. The van der Waals surface area contributed by atoms with E-state index in [-0.39, 0.29) is 12.4 Å². The largest absolute Gasteiger partial charge is 0.496 e. The van der Waals surface area contributed by atoms with Gasteiger partial charge in [0.2, 0.25) is 0 Å². The molecule has 0 aliphatic carbocycles. The van der Waals surface area contributed by atoms with Crippen molar-refractivity contribution in [3.8, 4) is 11.5 Å². The fraction of sp³-hybridized carbons (Fsp3) is 0.118. The average Bonchev–Trinajstić information content (AvgIpc) is 2.52. The Morgan fingerprint density at radius 2 is 2.00 bits per heavy atom. The maximum Gasteiger partial charge on any atom is 0.328 e. The maximum absolute atomic E-state index is 13.5. The van der Waals surface area contributed by atoms with Crippen molar-refractivity contribution in [1.82, 2.24) is 0 Å². The minimum atomic E-state index is -1.03. The van der Waals surface area contributed by atoms with E-state index in [1.807, 2.05) is 0 Å². The first-order chi connectivity index (χ1) is 10.6. The molecule has 0 radical (unpaired) electrons. The minimum absolute atomic E-state index is 0.110. The zero-order chi connectivity index (χ0) is 15.9. The van der Waals surface area contributed by atoms with Crippen molar-refractivity contribution in [3.63, 3.8) is 0 Å². The first-order valence-electron chi connectivity index (χ1n) is 6.55. The third-order valence-corrected chi connectivity index (χ3v) is 2.94. The Kier molecular flexibility index (Phi) is 5.14. The lowest BCUT2D eigenvalue weighted by molar-refractivity contribution is -0.131. The van der Waals surface area contributed by atoms with E-state index >= 15 is 0 Å². The lowest BCUT2D eigenvalue weighted by atomic mass is 10.1. The molecule has 0 saturated heterocycles. The maximum atomic E-state index is 13.5. The van der Waals surface area contributed by atoms with E-state index in [0.29, 0.717) is 16.9 Å². The van der Waals surface area contributed by atoms with E-state index < -0.39 is 11.8 Å². The SMILES string of the molecule is COc1ccc(C=CC(=O)O)cc1COc1ccccc1F. The molecule has 0 spiro atoms. The Balaban J connectivity index is 2.19. The Labute approximate surface area is 127 Å². The highest BCUT2D eigenvalue weighted by Crippen LogP contribution is 2.24. The van der Waals surface area contributed by atoms with Crippen molar-refractivity contribution in [1.29, 1.82) is 0 Å². The number of halogens is 1. The number of methoxy groups -OCH3 is 1. The number of aliphatic carboxylic acids is 1. The molecule has 0 bridgehead atoms. The lowest BCUT2D eigenvalue weighted by Gasteiger charge is -2.11. The predicted molar refractivity (Wildman–Crippen MR) is 80.4 cm³/mol. The molecule has 0 aromatic heterocycles. The number of para-hydroxylation sites is 1. The lowest BCUT2D eigenvalue weighted by Crippen LogP contribution is -2.00. The number of hydrogen-bond donors (Lipinski definition) is 1. The molecule has 0 fully saturated rings. The minimum Gasteiger partial charge on any atom is -0.496 e. The second-order valence-electron chi connectivity index (χ2n) is 4.46. The molecule has 114 valence electrons. The van der Waals surface area contributed by atoms with Gasteiger partial charge in [0.05, 0.1) is 7.11 Å². The molecule has 0 saturated carbocycles. The van der Waals surface area contributed by atoms with Gasteiger partial charge < -0.3 is 14.6 Å². The zero-order valence-corrected chi connectivity index (χ0v) is 12.0. The van der Waals surface area contributed by atoms with Crippen LogP contribution >= 0.6 is 0 Å². The van der Waals surface area contributed by atoms with Crippen molar-refractivity contribution in [2.24, 2.45) is 0 Å². The van der Waals surface area contributed by atoms with Crippen LogP contribution in [0.25, 0.3) is 6.08 Å². The highest BCUT2D eigenvalue weighted by Gasteiger charge is 2.07. The molecular formula is C17H15FO4. The third kappa shape index (κ3) is 4.09. The van der Waals surface area contributed by atoms with Gasteiger partial charge >= 0.3 is 5.97 Å². The van der Waals surface area contributed by atoms with Crippen LogP contribution < -0.4 is 9.47 Å². The number of carboxylic acids is 1. The monoisotopic (exact) mass is 302 g/mol. The molecule has 5 heteroatoms. The summed E-state index contributed by atoms with van der Waals surface area (Å²) in [5.74, 6) is -0.733. The molecule has 0 heterocycles. The number of benzene rings is 2.